The van der Waals surface area contributed by atoms with Crippen molar-refractivity contribution in [1.29, 1.82) is 0 Å². The number of methoxy groups -OCH3 is 1. The molecule has 0 aliphatic carbocycles. The number of anilines is 1. The minimum atomic E-state index is -1.14. The number of ether oxygens (including phenoxy) is 2. The molecule has 0 aromatic heterocycles. The monoisotopic (exact) mass is 357 g/mol. The second-order valence-electron chi connectivity index (χ2n) is 6.80. The lowest BCUT2D eigenvalue weighted by atomic mass is 9.93. The van der Waals surface area contributed by atoms with E-state index in [9.17, 15) is 4.79 Å². The second-order valence-corrected chi connectivity index (χ2v) is 6.80. The summed E-state index contributed by atoms with van der Waals surface area (Å²) in [5, 5.41) is 0. The maximum absolute atomic E-state index is 13.3. The van der Waals surface area contributed by atoms with E-state index in [1.807, 2.05) is 84.9 Å². The van der Waals surface area contributed by atoms with Gasteiger partial charge in [-0.1, -0.05) is 72.8 Å². The van der Waals surface area contributed by atoms with Crippen LogP contribution in [0.5, 0.6) is 0 Å². The van der Waals surface area contributed by atoms with Gasteiger partial charge in [-0.3, -0.25) is 4.79 Å². The van der Waals surface area contributed by atoms with Crippen molar-refractivity contribution < 1.29 is 14.3 Å². The number of benzene rings is 3. The molecule has 0 N–H and O–H groups in total. The Morgan fingerprint density at radius 1 is 0.889 bits per heavy atom. The summed E-state index contributed by atoms with van der Waals surface area (Å²) >= 11 is 0. The highest BCUT2D eigenvalue weighted by Crippen LogP contribution is 2.54. The van der Waals surface area contributed by atoms with Crippen LogP contribution >= 0.6 is 0 Å². The highest BCUT2D eigenvalue weighted by Gasteiger charge is 2.62. The molecule has 0 saturated carbocycles. The zero-order valence-electron chi connectivity index (χ0n) is 14.9. The van der Waals surface area contributed by atoms with Crippen LogP contribution in [0.1, 0.15) is 27.5 Å². The predicted octanol–water partition coefficient (Wildman–Crippen LogP) is 4.29. The fourth-order valence-corrected chi connectivity index (χ4v) is 4.28. The Morgan fingerprint density at radius 2 is 1.52 bits per heavy atom. The van der Waals surface area contributed by atoms with Gasteiger partial charge >= 0.3 is 0 Å². The SMILES string of the molecule is CO[C@@]12O[C@@H](C(=O)c3ccccc31)[C@H](c1ccccc1)N2c1ccccc1. The summed E-state index contributed by atoms with van der Waals surface area (Å²) in [5.41, 5.74) is 3.37. The van der Waals surface area contributed by atoms with Gasteiger partial charge in [0, 0.05) is 23.9 Å². The summed E-state index contributed by atoms with van der Waals surface area (Å²) in [7, 11) is 1.63. The Kier molecular flexibility index (Phi) is 3.64. The standard InChI is InChI=1S/C23H19NO3/c1-26-23-19-15-9-8-14-18(19)21(25)22(27-23)20(16-10-4-2-5-11-16)24(23)17-12-6-3-7-13-17/h2-15,20,22H,1H3/t20-,22+,23+/m0/s1. The number of hydrogen-bond donors (Lipinski definition) is 0. The number of nitrogens with zero attached hydrogens (tertiary/aromatic N) is 1. The van der Waals surface area contributed by atoms with Crippen molar-refractivity contribution in [3.8, 4) is 0 Å². The molecule has 27 heavy (non-hydrogen) atoms. The third-order valence-corrected chi connectivity index (χ3v) is 5.41. The highest BCUT2D eigenvalue weighted by atomic mass is 16.7. The van der Waals surface area contributed by atoms with Crippen LogP contribution in [0.2, 0.25) is 0 Å². The molecule has 0 unspecified atom stereocenters. The Hall–Kier alpha value is -2.95. The average molecular weight is 357 g/mol. The number of carbonyl (C=O) groups excluding carboxylic acids is 1. The van der Waals surface area contributed by atoms with Crippen molar-refractivity contribution in [2.24, 2.45) is 0 Å². The van der Waals surface area contributed by atoms with Crippen molar-refractivity contribution >= 4 is 11.5 Å². The Morgan fingerprint density at radius 3 is 2.22 bits per heavy atom. The molecule has 1 saturated heterocycles. The molecule has 0 radical (unpaired) electrons. The molecular formula is C23H19NO3. The van der Waals surface area contributed by atoms with Gasteiger partial charge < -0.3 is 14.4 Å². The molecule has 5 rings (SSSR count). The summed E-state index contributed by atoms with van der Waals surface area (Å²) in [5.74, 6) is -1.15. The third-order valence-electron chi connectivity index (χ3n) is 5.41. The molecule has 1 fully saturated rings. The van der Waals surface area contributed by atoms with Crippen LogP contribution in [0.3, 0.4) is 0 Å². The van der Waals surface area contributed by atoms with Gasteiger partial charge in [-0.05, 0) is 17.7 Å². The molecule has 4 heteroatoms. The van der Waals surface area contributed by atoms with Crippen LogP contribution in [-0.4, -0.2) is 19.0 Å². The van der Waals surface area contributed by atoms with Crippen molar-refractivity contribution in [2.75, 3.05) is 12.0 Å². The summed E-state index contributed by atoms with van der Waals surface area (Å²) in [4.78, 5) is 15.4. The van der Waals surface area contributed by atoms with E-state index in [1.165, 1.54) is 0 Å². The van der Waals surface area contributed by atoms with Crippen LogP contribution in [0.25, 0.3) is 0 Å². The van der Waals surface area contributed by atoms with E-state index in [0.717, 1.165) is 16.8 Å². The molecule has 2 aliphatic rings. The number of ketones is 1. The molecule has 3 atom stereocenters. The van der Waals surface area contributed by atoms with E-state index in [4.69, 9.17) is 9.47 Å². The van der Waals surface area contributed by atoms with Crippen LogP contribution in [0.15, 0.2) is 84.9 Å². The molecule has 3 aromatic rings. The fourth-order valence-electron chi connectivity index (χ4n) is 4.28. The summed E-state index contributed by atoms with van der Waals surface area (Å²) in [6, 6.07) is 27.3. The van der Waals surface area contributed by atoms with Crippen LogP contribution in [-0.2, 0) is 15.4 Å². The quantitative estimate of drug-likeness (QED) is 0.701. The largest absolute Gasteiger partial charge is 0.332 e. The lowest BCUT2D eigenvalue weighted by molar-refractivity contribution is -0.215. The number of carbonyl (C=O) groups is 1. The highest BCUT2D eigenvalue weighted by molar-refractivity contribution is 6.04. The van der Waals surface area contributed by atoms with Gasteiger partial charge in [-0.25, -0.2) is 0 Å². The third kappa shape index (κ3) is 2.21. The van der Waals surface area contributed by atoms with Gasteiger partial charge in [-0.2, -0.15) is 0 Å². The summed E-state index contributed by atoms with van der Waals surface area (Å²) < 4.78 is 12.4. The Bertz CT molecular complexity index is 989. The zero-order valence-corrected chi connectivity index (χ0v) is 14.9. The summed E-state index contributed by atoms with van der Waals surface area (Å²) in [6.07, 6.45) is -0.637. The minimum absolute atomic E-state index is 0.00874. The van der Waals surface area contributed by atoms with Gasteiger partial charge in [-0.15, -0.1) is 0 Å². The van der Waals surface area contributed by atoms with Crippen molar-refractivity contribution in [3.63, 3.8) is 0 Å². The normalized spacial score (nSPS) is 26.1. The fraction of sp³-hybridized carbons (Fsp3) is 0.174. The van der Waals surface area contributed by atoms with Crippen LogP contribution in [0, 0.1) is 0 Å². The van der Waals surface area contributed by atoms with Crippen LogP contribution in [0.4, 0.5) is 5.69 Å². The van der Waals surface area contributed by atoms with Gasteiger partial charge in [0.2, 0.25) is 0 Å². The van der Waals surface area contributed by atoms with E-state index >= 15 is 0 Å². The van der Waals surface area contributed by atoms with E-state index in [1.54, 1.807) is 7.11 Å². The molecule has 2 bridgehead atoms. The molecule has 0 spiro atoms. The maximum Gasteiger partial charge on any atom is 0.282 e. The smallest absolute Gasteiger partial charge is 0.282 e. The average Bonchev–Trinajstić information content (AvgIpc) is 3.07. The topological polar surface area (TPSA) is 38.8 Å². The van der Waals surface area contributed by atoms with Crippen LogP contribution < -0.4 is 4.90 Å². The molecule has 2 aliphatic heterocycles. The number of para-hydroxylation sites is 1. The number of hydrogen-bond acceptors (Lipinski definition) is 4. The maximum atomic E-state index is 13.3. The first-order valence-electron chi connectivity index (χ1n) is 9.02. The molecule has 0 amide bonds. The van der Waals surface area contributed by atoms with E-state index in [-0.39, 0.29) is 11.8 Å². The van der Waals surface area contributed by atoms with Gasteiger partial charge in [0.05, 0.1) is 6.04 Å². The molecule has 4 nitrogen and oxygen atoms in total. The lowest BCUT2D eigenvalue weighted by Crippen LogP contribution is -2.46. The molecule has 2 heterocycles. The van der Waals surface area contributed by atoms with Crippen molar-refractivity contribution in [2.45, 2.75) is 18.1 Å². The van der Waals surface area contributed by atoms with Gasteiger partial charge in [0.1, 0.15) is 0 Å². The van der Waals surface area contributed by atoms with Crippen molar-refractivity contribution in [3.05, 3.63) is 102 Å². The first-order valence-corrected chi connectivity index (χ1v) is 9.02. The summed E-state index contributed by atoms with van der Waals surface area (Å²) in [6.45, 7) is 0. The Labute approximate surface area is 158 Å². The van der Waals surface area contributed by atoms with E-state index in [0.29, 0.717) is 5.56 Å². The number of Topliss-reactive ketones (excluding diaryl/α,β-unsaturated/α-hetero) is 1. The molecular weight excluding hydrogens is 338 g/mol. The zero-order chi connectivity index (χ0) is 18.4. The minimum Gasteiger partial charge on any atom is -0.332 e. The first-order chi connectivity index (χ1) is 13.3. The Balaban J connectivity index is 1.80. The van der Waals surface area contributed by atoms with Crippen molar-refractivity contribution in [1.82, 2.24) is 0 Å². The van der Waals surface area contributed by atoms with Gasteiger partial charge in [0.25, 0.3) is 5.91 Å². The van der Waals surface area contributed by atoms with E-state index in [2.05, 4.69) is 4.90 Å². The predicted molar refractivity (Wildman–Crippen MR) is 102 cm³/mol. The molecule has 3 aromatic carbocycles. The number of rotatable bonds is 3. The van der Waals surface area contributed by atoms with Gasteiger partial charge in [0.15, 0.2) is 11.9 Å². The molecule has 134 valence electrons. The lowest BCUT2D eigenvalue weighted by Gasteiger charge is -2.40. The number of fused-ring (bicyclic) bond motifs is 4. The second kappa shape index (κ2) is 6.05. The van der Waals surface area contributed by atoms with E-state index < -0.39 is 12.0 Å². The first kappa shape index (κ1) is 16.2.